The first kappa shape index (κ1) is 41.5. The molecule has 4 N–H and O–H groups in total. The highest BCUT2D eigenvalue weighted by Gasteiger charge is 2.19. The summed E-state index contributed by atoms with van der Waals surface area (Å²) in [4.78, 5) is 31.0. The van der Waals surface area contributed by atoms with Crippen molar-refractivity contribution in [2.24, 2.45) is 0 Å². The van der Waals surface area contributed by atoms with E-state index in [0.717, 1.165) is 50.4 Å². The standard InChI is InChI=1S/C22H26ClN7O2S.C12H26O4S/c1-14-4-3-5-16(23)20(14)28-21(32)17-13-24-22(33-17)27-18-12-19(26-15(2)25-18)30-8-6-29(7-9-30)10-11-31;1-2-3-4-5-6-7-8-9-10-11-12-16-17(13,14)15/h3-5,12-13,31H,6-11H2,1-2H3,(H,28,32)(H,24,25,26,27);2-12H2,1H3,(H,13,14,15). The lowest BCUT2D eigenvalue weighted by Gasteiger charge is -2.35. The number of carbonyl (C=O) groups excluding carboxylic acids is 1. The summed E-state index contributed by atoms with van der Waals surface area (Å²) >= 11 is 7.46. The third kappa shape index (κ3) is 15.5. The van der Waals surface area contributed by atoms with Gasteiger partial charge < -0.3 is 20.6 Å². The van der Waals surface area contributed by atoms with E-state index in [1.807, 2.05) is 32.0 Å². The number of aliphatic hydroxyl groups is 1. The average Bonchev–Trinajstić information content (AvgIpc) is 3.54. The van der Waals surface area contributed by atoms with Gasteiger partial charge in [0.25, 0.3) is 5.91 Å². The average molecular weight is 754 g/mol. The van der Waals surface area contributed by atoms with Crippen LogP contribution >= 0.6 is 22.9 Å². The topological polar surface area (TPSA) is 170 Å². The number of carbonyl (C=O) groups is 1. The smallest absolute Gasteiger partial charge is 0.395 e. The minimum Gasteiger partial charge on any atom is -0.395 e. The highest BCUT2D eigenvalue weighted by molar-refractivity contribution is 7.80. The van der Waals surface area contributed by atoms with Crippen molar-refractivity contribution < 1.29 is 27.1 Å². The molecular weight excluding hydrogens is 702 g/mol. The summed E-state index contributed by atoms with van der Waals surface area (Å²) in [5.41, 5.74) is 1.49. The van der Waals surface area contributed by atoms with E-state index >= 15 is 0 Å². The molecule has 13 nitrogen and oxygen atoms in total. The van der Waals surface area contributed by atoms with Gasteiger partial charge in [0.1, 0.15) is 22.3 Å². The summed E-state index contributed by atoms with van der Waals surface area (Å²) in [6, 6.07) is 7.37. The Kier molecular flexibility index (Phi) is 18.4. The van der Waals surface area contributed by atoms with E-state index in [4.69, 9.17) is 21.3 Å². The first-order valence-electron chi connectivity index (χ1n) is 17.3. The Morgan fingerprint density at radius 3 is 2.28 bits per heavy atom. The molecule has 3 aromatic rings. The van der Waals surface area contributed by atoms with Crippen LogP contribution in [0.25, 0.3) is 0 Å². The van der Waals surface area contributed by atoms with Crippen molar-refractivity contribution in [3.8, 4) is 0 Å². The van der Waals surface area contributed by atoms with Crippen LogP contribution in [0.1, 0.15) is 92.2 Å². The van der Waals surface area contributed by atoms with Crippen molar-refractivity contribution in [1.29, 1.82) is 0 Å². The summed E-state index contributed by atoms with van der Waals surface area (Å²) in [7, 11) is -4.23. The molecule has 0 atom stereocenters. The molecule has 0 unspecified atom stereocenters. The first-order chi connectivity index (χ1) is 24.0. The van der Waals surface area contributed by atoms with E-state index in [1.54, 1.807) is 6.07 Å². The van der Waals surface area contributed by atoms with Crippen molar-refractivity contribution in [3.63, 3.8) is 0 Å². The summed E-state index contributed by atoms with van der Waals surface area (Å²) < 4.78 is 33.0. The van der Waals surface area contributed by atoms with Crippen LogP contribution in [0.3, 0.4) is 0 Å². The zero-order valence-electron chi connectivity index (χ0n) is 29.4. The zero-order chi connectivity index (χ0) is 36.4. The number of nitrogens with one attached hydrogen (secondary N) is 2. The largest absolute Gasteiger partial charge is 0.397 e. The molecule has 0 aliphatic carbocycles. The lowest BCUT2D eigenvalue weighted by atomic mass is 10.1. The fraction of sp³-hybridized carbons (Fsp3) is 0.588. The van der Waals surface area contributed by atoms with Gasteiger partial charge in [0.15, 0.2) is 5.13 Å². The number of β-amino-alcohol motifs (C(OH)–C–C–N with tert-alkyl or cyclic N) is 1. The van der Waals surface area contributed by atoms with Gasteiger partial charge in [0, 0.05) is 38.8 Å². The van der Waals surface area contributed by atoms with E-state index < -0.39 is 10.4 Å². The van der Waals surface area contributed by atoms with Gasteiger partial charge in [0.05, 0.1) is 30.1 Å². The van der Waals surface area contributed by atoms with Crippen molar-refractivity contribution in [1.82, 2.24) is 19.9 Å². The third-order valence-electron chi connectivity index (χ3n) is 8.09. The van der Waals surface area contributed by atoms with E-state index in [-0.39, 0.29) is 19.1 Å². The van der Waals surface area contributed by atoms with E-state index in [0.29, 0.717) is 45.3 Å². The summed E-state index contributed by atoms with van der Waals surface area (Å²) in [6.45, 7) is 10.3. The first-order valence-corrected chi connectivity index (χ1v) is 19.9. The summed E-state index contributed by atoms with van der Waals surface area (Å²) in [6.07, 6.45) is 13.4. The molecule has 0 saturated carbocycles. The number of benzene rings is 1. The number of unbranched alkanes of at least 4 members (excludes halogenated alkanes) is 9. The molecule has 16 heteroatoms. The monoisotopic (exact) mass is 753 g/mol. The third-order valence-corrected chi connectivity index (χ3v) is 9.78. The molecule has 1 aromatic carbocycles. The van der Waals surface area contributed by atoms with Gasteiger partial charge in [0.2, 0.25) is 0 Å². The minimum atomic E-state index is -4.23. The van der Waals surface area contributed by atoms with Crippen molar-refractivity contribution >= 4 is 61.7 Å². The van der Waals surface area contributed by atoms with Crippen LogP contribution in [0.4, 0.5) is 22.5 Å². The number of piperazine rings is 1. The number of hydrogen-bond acceptors (Lipinski definition) is 12. The Morgan fingerprint density at radius 1 is 1.00 bits per heavy atom. The molecule has 3 heterocycles. The second-order valence-corrected chi connectivity index (χ2v) is 14.7. The second kappa shape index (κ2) is 22.1. The fourth-order valence-electron chi connectivity index (χ4n) is 5.39. The number of aryl methyl sites for hydroxylation is 2. The maximum absolute atomic E-state index is 12.7. The normalized spacial score (nSPS) is 13.5. The van der Waals surface area contributed by atoms with Crippen LogP contribution in [-0.4, -0.2) is 89.8 Å². The van der Waals surface area contributed by atoms with Gasteiger partial charge in [-0.15, -0.1) is 0 Å². The molecular formula is C34H52ClN7O6S2. The number of rotatable bonds is 19. The Hall–Kier alpha value is -2.92. The predicted octanol–water partition coefficient (Wildman–Crippen LogP) is 7.04. The van der Waals surface area contributed by atoms with Crippen LogP contribution in [0.15, 0.2) is 30.5 Å². The number of para-hydroxylation sites is 1. The van der Waals surface area contributed by atoms with Crippen LogP contribution < -0.4 is 15.5 Å². The molecule has 0 bridgehead atoms. The van der Waals surface area contributed by atoms with Gasteiger partial charge in [-0.05, 0) is 31.9 Å². The lowest BCUT2D eigenvalue weighted by molar-refractivity contribution is 0.103. The molecule has 50 heavy (non-hydrogen) atoms. The molecule has 278 valence electrons. The summed E-state index contributed by atoms with van der Waals surface area (Å²) in [5.74, 6) is 1.85. The SMILES string of the molecule is CCCCCCCCCCCCOS(=O)(=O)O.Cc1nc(Nc2ncc(C(=O)Nc3c(C)cccc3Cl)s2)cc(N2CCN(CCO)CC2)n1. The fourth-order valence-corrected chi connectivity index (χ4v) is 6.70. The quantitative estimate of drug-likeness (QED) is 0.0729. The number of aromatic nitrogens is 3. The molecule has 0 spiro atoms. The van der Waals surface area contributed by atoms with Crippen LogP contribution in [0.5, 0.6) is 0 Å². The molecule has 1 fully saturated rings. The van der Waals surface area contributed by atoms with E-state index in [1.165, 1.54) is 62.5 Å². The molecule has 0 radical (unpaired) electrons. The summed E-state index contributed by atoms with van der Waals surface area (Å²) in [5, 5.41) is 16.2. The van der Waals surface area contributed by atoms with Gasteiger partial charge in [-0.2, -0.15) is 8.42 Å². The number of aliphatic hydroxyl groups excluding tert-OH is 1. The van der Waals surface area contributed by atoms with Crippen molar-refractivity contribution in [2.75, 3.05) is 61.5 Å². The highest BCUT2D eigenvalue weighted by atomic mass is 35.5. The van der Waals surface area contributed by atoms with Crippen LogP contribution in [0.2, 0.25) is 5.02 Å². The minimum absolute atomic E-state index is 0.0926. The molecule has 1 aliphatic heterocycles. The molecule has 1 amide bonds. The molecule has 4 rings (SSSR count). The van der Waals surface area contributed by atoms with Gasteiger partial charge in [-0.3, -0.25) is 14.2 Å². The number of amides is 1. The van der Waals surface area contributed by atoms with E-state index in [9.17, 15) is 13.2 Å². The van der Waals surface area contributed by atoms with Crippen LogP contribution in [0, 0.1) is 13.8 Å². The van der Waals surface area contributed by atoms with Gasteiger partial charge >= 0.3 is 10.4 Å². The maximum Gasteiger partial charge on any atom is 0.397 e. The number of nitrogens with zero attached hydrogens (tertiary/aromatic N) is 5. The Balaban J connectivity index is 0.000000338. The Morgan fingerprint density at radius 2 is 1.66 bits per heavy atom. The Labute approximate surface area is 305 Å². The lowest BCUT2D eigenvalue weighted by Crippen LogP contribution is -2.47. The predicted molar refractivity (Wildman–Crippen MR) is 201 cm³/mol. The van der Waals surface area contributed by atoms with E-state index in [2.05, 4.69) is 46.5 Å². The molecule has 1 aliphatic rings. The number of hydrogen-bond donors (Lipinski definition) is 4. The second-order valence-electron chi connectivity index (χ2n) is 12.2. The number of anilines is 4. The number of halogens is 1. The molecule has 2 aromatic heterocycles. The number of thiazole rings is 1. The Bertz CT molecular complexity index is 1550. The van der Waals surface area contributed by atoms with Gasteiger partial charge in [-0.25, -0.2) is 19.1 Å². The zero-order valence-corrected chi connectivity index (χ0v) is 31.8. The van der Waals surface area contributed by atoms with Crippen molar-refractivity contribution in [3.05, 3.63) is 51.7 Å². The van der Waals surface area contributed by atoms with Gasteiger partial charge in [-0.1, -0.05) is 99.8 Å². The maximum atomic E-state index is 12.7. The van der Waals surface area contributed by atoms with Crippen LogP contribution in [-0.2, 0) is 14.6 Å². The van der Waals surface area contributed by atoms with Crippen molar-refractivity contribution in [2.45, 2.75) is 85.0 Å². The highest BCUT2D eigenvalue weighted by Crippen LogP contribution is 2.28. The molecule has 1 saturated heterocycles.